The number of esters is 1. The summed E-state index contributed by atoms with van der Waals surface area (Å²) in [5.74, 6) is 0.553. The molecule has 0 radical (unpaired) electrons. The maximum absolute atomic E-state index is 12.2. The normalized spacial score (nSPS) is 10.7. The Morgan fingerprint density at radius 1 is 0.566 bits per heavy atom. The average Bonchev–Trinajstić information content (AvgIpc) is 3.99. The fraction of sp³-hybridized carbons (Fsp3) is 0.241. The molecule has 0 aliphatic heterocycles. The first-order valence-electron chi connectivity index (χ1n) is 23.9. The van der Waals surface area contributed by atoms with Crippen LogP contribution in [0.1, 0.15) is 65.7 Å². The number of benzene rings is 6. The van der Waals surface area contributed by atoms with Gasteiger partial charge in [-0.25, -0.2) is 0 Å². The quantitative estimate of drug-likeness (QED) is 0.0357. The summed E-state index contributed by atoms with van der Waals surface area (Å²) in [6.45, 7) is 6.86. The minimum absolute atomic E-state index is 0. The van der Waals surface area contributed by atoms with Crippen molar-refractivity contribution in [1.82, 2.24) is 0 Å². The Morgan fingerprint density at radius 2 is 1.01 bits per heavy atom. The first kappa shape index (κ1) is 59.2. The molecule has 8 aromatic rings. The van der Waals surface area contributed by atoms with E-state index in [1.807, 2.05) is 84.9 Å². The van der Waals surface area contributed by atoms with Gasteiger partial charge in [-0.15, -0.1) is 0 Å². The predicted octanol–water partition coefficient (Wildman–Crippen LogP) is 7.04. The molecular formula is C58H61LiN4O13. The second-order valence-electron chi connectivity index (χ2n) is 17.4. The Balaban J connectivity index is 0.000000274. The average molecular weight is 1030 g/mol. The van der Waals surface area contributed by atoms with Crippen molar-refractivity contribution in [3.63, 3.8) is 0 Å². The number of aliphatic carboxylic acids is 1. The molecule has 6 aromatic carbocycles. The van der Waals surface area contributed by atoms with Crippen LogP contribution in [0.15, 0.2) is 130 Å². The van der Waals surface area contributed by atoms with E-state index in [-0.39, 0.29) is 68.2 Å². The molecule has 0 aliphatic rings. The van der Waals surface area contributed by atoms with E-state index in [4.69, 9.17) is 44.0 Å². The third kappa shape index (κ3) is 15.9. The first-order chi connectivity index (χ1) is 35.7. The van der Waals surface area contributed by atoms with Crippen molar-refractivity contribution >= 4 is 57.1 Å². The van der Waals surface area contributed by atoms with Crippen molar-refractivity contribution in [2.45, 2.75) is 73.1 Å². The van der Waals surface area contributed by atoms with Crippen LogP contribution in [-0.2, 0) is 85.7 Å². The van der Waals surface area contributed by atoms with Crippen LogP contribution in [0.3, 0.4) is 0 Å². The van der Waals surface area contributed by atoms with Crippen molar-refractivity contribution < 1.29 is 81.1 Å². The molecule has 76 heavy (non-hydrogen) atoms. The molecule has 0 saturated carbocycles. The first-order valence-corrected chi connectivity index (χ1v) is 23.9. The van der Waals surface area contributed by atoms with Gasteiger partial charge in [0.1, 0.15) is 60.6 Å². The van der Waals surface area contributed by atoms with E-state index in [0.29, 0.717) is 72.7 Å². The summed E-state index contributed by atoms with van der Waals surface area (Å²) >= 11 is 0. The second kappa shape index (κ2) is 28.3. The van der Waals surface area contributed by atoms with Crippen LogP contribution in [-0.4, -0.2) is 55.2 Å². The van der Waals surface area contributed by atoms with Crippen LogP contribution < -0.4 is 50.4 Å². The molecule has 2 heterocycles. The fourth-order valence-corrected chi connectivity index (χ4v) is 8.38. The van der Waals surface area contributed by atoms with E-state index < -0.39 is 5.97 Å². The largest absolute Gasteiger partial charge is 1.00 e. The fourth-order valence-electron chi connectivity index (χ4n) is 8.38. The number of hydrogen-bond acceptors (Lipinski definition) is 14. The maximum Gasteiger partial charge on any atom is 1.00 e. The maximum atomic E-state index is 12.2. The Morgan fingerprint density at radius 3 is 1.41 bits per heavy atom. The Bertz CT molecular complexity index is 3300. The number of carboxylic acid groups (broad SMARTS) is 1. The molecule has 2 amide bonds. The van der Waals surface area contributed by atoms with E-state index in [1.165, 1.54) is 13.8 Å². The van der Waals surface area contributed by atoms with Gasteiger partial charge in [0, 0.05) is 97.7 Å². The summed E-state index contributed by atoms with van der Waals surface area (Å²) in [4.78, 5) is 46.6. The SMILES string of the molecule is CCOC(=O)Cc1ccc(NC(C)=O)cc1OCc1cc(-c2cccc(CN)c2)c2oc(COC)cc2c1.COCc1cc2cc(COc3cc(NC(C)=O)ccc3CC(=O)O)cc(-c3cccc(CN)c3)c2o1.[Li+].[OH-]. The minimum atomic E-state index is -0.973. The molecule has 0 saturated heterocycles. The molecule has 0 atom stereocenters. The number of furan rings is 2. The van der Waals surface area contributed by atoms with E-state index >= 15 is 0 Å². The molecule has 8 N–H and O–H groups in total. The summed E-state index contributed by atoms with van der Waals surface area (Å²) in [6, 6.07) is 38.0. The number of carbonyl (C=O) groups excluding carboxylic acids is 3. The van der Waals surface area contributed by atoms with E-state index in [1.54, 1.807) is 57.5 Å². The van der Waals surface area contributed by atoms with Gasteiger partial charge >= 0.3 is 30.8 Å². The van der Waals surface area contributed by atoms with Gasteiger partial charge in [0.15, 0.2) is 0 Å². The van der Waals surface area contributed by atoms with Crippen LogP contribution >= 0.6 is 0 Å². The van der Waals surface area contributed by atoms with Gasteiger partial charge in [-0.3, -0.25) is 19.2 Å². The van der Waals surface area contributed by atoms with Crippen LogP contribution in [0.25, 0.3) is 44.2 Å². The van der Waals surface area contributed by atoms with Crippen molar-refractivity contribution in [2.75, 3.05) is 31.5 Å². The van der Waals surface area contributed by atoms with Crippen LogP contribution in [0.2, 0.25) is 0 Å². The zero-order valence-electron chi connectivity index (χ0n) is 43.5. The van der Waals surface area contributed by atoms with E-state index in [0.717, 1.165) is 72.2 Å². The Labute approximate surface area is 452 Å². The zero-order valence-corrected chi connectivity index (χ0v) is 43.5. The number of carbonyl (C=O) groups is 4. The molecule has 17 nitrogen and oxygen atoms in total. The van der Waals surface area contributed by atoms with Crippen molar-refractivity contribution in [3.05, 3.63) is 166 Å². The number of fused-ring (bicyclic) bond motifs is 2. The number of carboxylic acids is 1. The molecule has 18 heteroatoms. The number of nitrogens with two attached hydrogens (primary N) is 2. The molecule has 0 fully saturated rings. The molecule has 0 bridgehead atoms. The van der Waals surface area contributed by atoms with Crippen molar-refractivity contribution in [2.24, 2.45) is 11.5 Å². The Hall–Kier alpha value is -7.72. The van der Waals surface area contributed by atoms with Gasteiger partial charge in [0.2, 0.25) is 11.8 Å². The monoisotopic (exact) mass is 1030 g/mol. The van der Waals surface area contributed by atoms with E-state index in [2.05, 4.69) is 10.6 Å². The second-order valence-corrected chi connectivity index (χ2v) is 17.4. The smallest absolute Gasteiger partial charge is 0.870 e. The van der Waals surface area contributed by atoms with Gasteiger partial charge in [-0.05, 0) is 101 Å². The molecule has 0 unspecified atom stereocenters. The van der Waals surface area contributed by atoms with Gasteiger partial charge in [0.05, 0.1) is 19.4 Å². The number of amides is 2. The molecule has 8 rings (SSSR count). The number of rotatable bonds is 21. The summed E-state index contributed by atoms with van der Waals surface area (Å²) in [5, 5.41) is 16.6. The molecular weight excluding hydrogens is 968 g/mol. The number of methoxy groups -OCH3 is 2. The zero-order chi connectivity index (χ0) is 52.7. The van der Waals surface area contributed by atoms with Gasteiger partial charge in [-0.1, -0.05) is 48.5 Å². The van der Waals surface area contributed by atoms with Crippen molar-refractivity contribution in [3.8, 4) is 33.8 Å². The molecule has 2 aromatic heterocycles. The third-order valence-corrected chi connectivity index (χ3v) is 11.5. The summed E-state index contributed by atoms with van der Waals surface area (Å²) in [7, 11) is 3.24. The van der Waals surface area contributed by atoms with Gasteiger partial charge in [0.25, 0.3) is 0 Å². The minimum Gasteiger partial charge on any atom is -0.870 e. The summed E-state index contributed by atoms with van der Waals surface area (Å²) in [6.07, 6.45) is -0.143. The van der Waals surface area contributed by atoms with E-state index in [9.17, 15) is 24.3 Å². The standard InChI is InChI=1S/C30H32N2O6.C28H28N2O6.Li.H2O/c1-4-36-29(34)14-23-8-9-25(32-19(2)33)15-28(23)37-17-21-11-24-13-26(18-35-3)38-30(24)27(12-21)22-7-5-6-20(10-22)16-31;1-17(31)30-23-7-6-21(12-27(32)33)26(13-23)35-15-19-9-22-11-24(16-34-2)36-28(22)25(10-19)20-5-3-4-18(8-20)14-29;;/h5-13,15H,4,14,16-18,31H2,1-3H3,(H,32,33);3-11,13H,12,14-16,29H2,1-2H3,(H,30,31)(H,32,33);;1H2/q;;+1;/p-1. The Kier molecular flexibility index (Phi) is 22.0. The molecule has 0 aliphatic carbocycles. The number of hydrogen-bond donors (Lipinski definition) is 5. The summed E-state index contributed by atoms with van der Waals surface area (Å²) in [5.41, 5.74) is 23.1. The van der Waals surface area contributed by atoms with Crippen LogP contribution in [0.4, 0.5) is 11.4 Å². The number of nitrogens with one attached hydrogen (secondary N) is 2. The number of anilines is 2. The third-order valence-electron chi connectivity index (χ3n) is 11.5. The van der Waals surface area contributed by atoms with Crippen LogP contribution in [0.5, 0.6) is 11.5 Å². The predicted molar refractivity (Wildman–Crippen MR) is 284 cm³/mol. The topological polar surface area (TPSA) is 267 Å². The number of ether oxygens (including phenoxy) is 5. The van der Waals surface area contributed by atoms with Gasteiger partial charge in [-0.2, -0.15) is 0 Å². The molecule has 0 spiro atoms. The van der Waals surface area contributed by atoms with Crippen molar-refractivity contribution in [1.29, 1.82) is 0 Å². The van der Waals surface area contributed by atoms with Crippen LogP contribution in [0, 0.1) is 0 Å². The van der Waals surface area contributed by atoms with Gasteiger partial charge < -0.3 is 65.2 Å². The molecule has 392 valence electrons. The summed E-state index contributed by atoms with van der Waals surface area (Å²) < 4.78 is 40.2.